The summed E-state index contributed by atoms with van der Waals surface area (Å²) in [5.74, 6) is -1.10. The highest BCUT2D eigenvalue weighted by molar-refractivity contribution is 5.96. The van der Waals surface area contributed by atoms with Crippen molar-refractivity contribution in [3.63, 3.8) is 0 Å². The van der Waals surface area contributed by atoms with Crippen molar-refractivity contribution in [1.82, 2.24) is 9.97 Å². The van der Waals surface area contributed by atoms with Crippen LogP contribution in [0.4, 0.5) is 35.0 Å². The number of benzene rings is 2. The van der Waals surface area contributed by atoms with Crippen LogP contribution in [-0.4, -0.2) is 52.8 Å². The number of methoxy groups -OCH3 is 1. The summed E-state index contributed by atoms with van der Waals surface area (Å²) in [7, 11) is 1.60. The zero-order valence-electron chi connectivity index (χ0n) is 22.1. The number of carboxylic acid groups (broad SMARTS) is 1. The molecule has 3 aromatic rings. The van der Waals surface area contributed by atoms with E-state index < -0.39 is 18.2 Å². The first kappa shape index (κ1) is 31.8. The molecule has 0 saturated carbocycles. The maximum atomic E-state index is 13.0. The number of aliphatic carboxylic acids is 1. The minimum atomic E-state index is -5.08. The topological polar surface area (TPSA) is 125 Å². The van der Waals surface area contributed by atoms with Crippen LogP contribution in [0.25, 0.3) is 0 Å². The molecule has 4 N–H and O–H groups in total. The van der Waals surface area contributed by atoms with E-state index in [0.29, 0.717) is 42.8 Å². The van der Waals surface area contributed by atoms with Crippen molar-refractivity contribution in [3.05, 3.63) is 72.2 Å². The highest BCUT2D eigenvalue weighted by atomic mass is 19.4. The summed E-state index contributed by atoms with van der Waals surface area (Å²) in [5, 5.41) is 16.5. The Kier molecular flexibility index (Phi) is 12.1. The lowest BCUT2D eigenvalue weighted by molar-refractivity contribution is -0.192. The van der Waals surface area contributed by atoms with Gasteiger partial charge in [0.2, 0.25) is 11.9 Å². The predicted molar refractivity (Wildman–Crippen MR) is 143 cm³/mol. The Morgan fingerprint density at radius 1 is 1.02 bits per heavy atom. The molecule has 0 aliphatic carbocycles. The molecule has 9 nitrogen and oxygen atoms in total. The van der Waals surface area contributed by atoms with Gasteiger partial charge in [-0.15, -0.1) is 0 Å². The molecule has 1 amide bonds. The van der Waals surface area contributed by atoms with Crippen molar-refractivity contribution in [1.29, 1.82) is 0 Å². The fourth-order valence-electron chi connectivity index (χ4n) is 3.28. The van der Waals surface area contributed by atoms with Crippen molar-refractivity contribution in [2.24, 2.45) is 5.92 Å². The summed E-state index contributed by atoms with van der Waals surface area (Å²) < 4.78 is 49.9. The molecule has 0 aliphatic heterocycles. The quantitative estimate of drug-likeness (QED) is 0.229. The van der Waals surface area contributed by atoms with Gasteiger partial charge in [0.1, 0.15) is 23.4 Å². The molecule has 0 saturated heterocycles. The summed E-state index contributed by atoms with van der Waals surface area (Å²) in [4.78, 5) is 30.6. The summed E-state index contributed by atoms with van der Waals surface area (Å²) in [6.07, 6.45) is -2.09. The molecular weight excluding hydrogens is 534 g/mol. The Labute approximate surface area is 229 Å². The number of carbonyl (C=O) groups is 2. The number of hydrogen-bond donors (Lipinski definition) is 4. The molecule has 3 rings (SSSR count). The van der Waals surface area contributed by atoms with E-state index in [1.54, 1.807) is 55.8 Å². The highest BCUT2D eigenvalue weighted by Gasteiger charge is 2.38. The Balaban J connectivity index is 0.000000708. The maximum Gasteiger partial charge on any atom is 0.490 e. The second kappa shape index (κ2) is 15.2. The van der Waals surface area contributed by atoms with Crippen LogP contribution in [0.3, 0.4) is 0 Å². The first-order valence-electron chi connectivity index (χ1n) is 12.2. The van der Waals surface area contributed by atoms with Crippen LogP contribution in [0.2, 0.25) is 0 Å². The van der Waals surface area contributed by atoms with Crippen LogP contribution in [0.1, 0.15) is 25.8 Å². The lowest BCUT2D eigenvalue weighted by atomic mass is 10.0. The number of rotatable bonds is 11. The molecule has 2 aromatic carbocycles. The highest BCUT2D eigenvalue weighted by Crippen LogP contribution is 2.18. The number of alkyl halides is 3. The number of ether oxygens (including phenoxy) is 1. The van der Waals surface area contributed by atoms with Gasteiger partial charge in [-0.25, -0.2) is 14.2 Å². The lowest BCUT2D eigenvalue weighted by Crippen LogP contribution is -2.36. The smallest absolute Gasteiger partial charge is 0.490 e. The van der Waals surface area contributed by atoms with Gasteiger partial charge in [-0.2, -0.15) is 18.2 Å². The Hall–Kier alpha value is -4.42. The number of nitrogens with one attached hydrogen (secondary N) is 3. The first-order valence-corrected chi connectivity index (χ1v) is 12.2. The molecule has 0 fully saturated rings. The lowest BCUT2D eigenvalue weighted by Gasteiger charge is -2.21. The Morgan fingerprint density at radius 3 is 2.20 bits per heavy atom. The second-order valence-electron chi connectivity index (χ2n) is 8.92. The van der Waals surface area contributed by atoms with Crippen molar-refractivity contribution in [3.8, 4) is 5.75 Å². The molecule has 0 radical (unpaired) electrons. The van der Waals surface area contributed by atoms with Gasteiger partial charge in [0.25, 0.3) is 0 Å². The monoisotopic (exact) mass is 565 g/mol. The summed E-state index contributed by atoms with van der Waals surface area (Å²) in [6, 6.07) is 14.9. The molecular formula is C27H31F4N5O4. The van der Waals surface area contributed by atoms with E-state index in [4.69, 9.17) is 14.6 Å². The molecule has 0 spiro atoms. The van der Waals surface area contributed by atoms with Crippen LogP contribution in [0, 0.1) is 11.7 Å². The Morgan fingerprint density at radius 2 is 1.65 bits per heavy atom. The van der Waals surface area contributed by atoms with E-state index in [9.17, 15) is 22.4 Å². The van der Waals surface area contributed by atoms with Crippen LogP contribution in [-0.2, 0) is 16.0 Å². The summed E-state index contributed by atoms with van der Waals surface area (Å²) >= 11 is 0. The van der Waals surface area contributed by atoms with Crippen LogP contribution < -0.4 is 20.7 Å². The maximum absolute atomic E-state index is 13.0. The van der Waals surface area contributed by atoms with Crippen LogP contribution >= 0.6 is 0 Å². The summed E-state index contributed by atoms with van der Waals surface area (Å²) in [6.45, 7) is 4.73. The molecule has 1 heterocycles. The standard InChI is InChI=1S/C25H30FN5O2.C2HF3O2/c1-17(2)16-22(24(32)29-20-8-10-21(33-3)11-9-20)30-23-13-15-28-25(31-23)27-14-12-18-4-6-19(26)7-5-18;3-2(4,5)1(6)7/h4-11,13,15,17,22H,12,14,16H2,1-3H3,(H,29,32)(H2,27,28,30,31);(H,6,7)/t22-;/m0./s1. The van der Waals surface area contributed by atoms with E-state index in [2.05, 4.69) is 39.8 Å². The van der Waals surface area contributed by atoms with Gasteiger partial charge in [0.15, 0.2) is 0 Å². The van der Waals surface area contributed by atoms with Crippen LogP contribution in [0.15, 0.2) is 60.8 Å². The van der Waals surface area contributed by atoms with Gasteiger partial charge in [-0.05, 0) is 66.8 Å². The van der Waals surface area contributed by atoms with Gasteiger partial charge >= 0.3 is 12.1 Å². The van der Waals surface area contributed by atoms with Crippen molar-refractivity contribution in [2.75, 3.05) is 29.6 Å². The minimum absolute atomic E-state index is 0.140. The predicted octanol–water partition coefficient (Wildman–Crippen LogP) is 5.38. The molecule has 13 heteroatoms. The van der Waals surface area contributed by atoms with E-state index in [1.165, 1.54) is 12.1 Å². The molecule has 40 heavy (non-hydrogen) atoms. The van der Waals surface area contributed by atoms with E-state index >= 15 is 0 Å². The third-order valence-electron chi connectivity index (χ3n) is 5.21. The molecule has 216 valence electrons. The Bertz CT molecular complexity index is 1220. The molecule has 0 aliphatic rings. The fourth-order valence-corrected chi connectivity index (χ4v) is 3.28. The van der Waals surface area contributed by atoms with Gasteiger partial charge in [-0.3, -0.25) is 4.79 Å². The number of halogens is 4. The molecule has 1 atom stereocenters. The van der Waals surface area contributed by atoms with Crippen molar-refractivity contribution < 1.29 is 37.0 Å². The van der Waals surface area contributed by atoms with Gasteiger partial charge in [0.05, 0.1) is 7.11 Å². The normalized spacial score (nSPS) is 11.6. The van der Waals surface area contributed by atoms with Crippen LogP contribution in [0.5, 0.6) is 5.75 Å². The van der Waals surface area contributed by atoms with E-state index in [1.807, 2.05) is 0 Å². The zero-order valence-corrected chi connectivity index (χ0v) is 22.1. The van der Waals surface area contributed by atoms with Gasteiger partial charge < -0.3 is 25.8 Å². The van der Waals surface area contributed by atoms with Gasteiger partial charge in [-0.1, -0.05) is 26.0 Å². The fraction of sp³-hybridized carbons (Fsp3) is 0.333. The minimum Gasteiger partial charge on any atom is -0.497 e. The van der Waals surface area contributed by atoms with E-state index in [0.717, 1.165) is 11.3 Å². The number of aromatic nitrogens is 2. The number of carboxylic acids is 1. The molecule has 0 bridgehead atoms. The largest absolute Gasteiger partial charge is 0.497 e. The second-order valence-corrected chi connectivity index (χ2v) is 8.92. The number of carbonyl (C=O) groups excluding carboxylic acids is 1. The SMILES string of the molecule is COc1ccc(NC(=O)[C@H](CC(C)C)Nc2ccnc(NCCc3ccc(F)cc3)n2)cc1.O=C(O)C(F)(F)F. The number of hydrogen-bond acceptors (Lipinski definition) is 7. The van der Waals surface area contributed by atoms with Crippen molar-refractivity contribution in [2.45, 2.75) is 38.9 Å². The number of anilines is 3. The number of nitrogens with zero attached hydrogens (tertiary/aromatic N) is 2. The molecule has 1 aromatic heterocycles. The average Bonchev–Trinajstić information content (AvgIpc) is 2.90. The third-order valence-corrected chi connectivity index (χ3v) is 5.21. The average molecular weight is 566 g/mol. The first-order chi connectivity index (χ1) is 18.9. The molecule has 0 unspecified atom stereocenters. The van der Waals surface area contributed by atoms with Crippen molar-refractivity contribution >= 4 is 29.3 Å². The summed E-state index contributed by atoms with van der Waals surface area (Å²) in [5.41, 5.74) is 1.72. The third kappa shape index (κ3) is 11.5. The number of amides is 1. The van der Waals surface area contributed by atoms with Gasteiger partial charge in [0, 0.05) is 18.4 Å². The van der Waals surface area contributed by atoms with E-state index in [-0.39, 0.29) is 11.7 Å². The zero-order chi connectivity index (χ0) is 29.7.